The molecule has 6 heteroatoms. The second-order valence-corrected chi connectivity index (χ2v) is 3.90. The summed E-state index contributed by atoms with van der Waals surface area (Å²) in [6.07, 6.45) is 3.11. The highest BCUT2D eigenvalue weighted by Crippen LogP contribution is 2.09. The molecular weight excluding hydrogens is 260 g/mol. The predicted octanol–water partition coefficient (Wildman–Crippen LogP) is 1.48. The summed E-state index contributed by atoms with van der Waals surface area (Å²) in [4.78, 5) is 22.2. The molecule has 1 heterocycles. The lowest BCUT2D eigenvalue weighted by Gasteiger charge is -2.02. The van der Waals surface area contributed by atoms with Gasteiger partial charge in [0, 0.05) is 26.5 Å². The molecule has 0 saturated carbocycles. The molecule has 0 radical (unpaired) electrons. The Morgan fingerprint density at radius 2 is 2.05 bits per heavy atom. The van der Waals surface area contributed by atoms with Crippen molar-refractivity contribution in [3.05, 3.63) is 23.5 Å². The lowest BCUT2D eigenvalue weighted by molar-refractivity contribution is 0.0526. The Balaban J connectivity index is 0.000000796. The number of nitrogens with zero attached hydrogens (tertiary/aromatic N) is 1. The Bertz CT molecular complexity index is 400. The summed E-state index contributed by atoms with van der Waals surface area (Å²) >= 11 is 0. The SMILES string of the molecule is CCOC.CCOC(=O)c1cc(C=O)n(CCCN)c1. The van der Waals surface area contributed by atoms with Gasteiger partial charge in [0.05, 0.1) is 17.9 Å². The molecule has 0 aliphatic heterocycles. The first-order valence-corrected chi connectivity index (χ1v) is 6.65. The molecule has 1 aromatic rings. The van der Waals surface area contributed by atoms with Crippen LogP contribution in [-0.2, 0) is 16.0 Å². The van der Waals surface area contributed by atoms with E-state index >= 15 is 0 Å². The van der Waals surface area contributed by atoms with Crippen LogP contribution in [0.3, 0.4) is 0 Å². The van der Waals surface area contributed by atoms with Crippen LogP contribution < -0.4 is 5.73 Å². The molecule has 0 atom stereocenters. The van der Waals surface area contributed by atoms with Gasteiger partial charge in [-0.15, -0.1) is 0 Å². The fraction of sp³-hybridized carbons (Fsp3) is 0.571. The van der Waals surface area contributed by atoms with E-state index in [2.05, 4.69) is 4.74 Å². The van der Waals surface area contributed by atoms with Crippen molar-refractivity contribution in [2.24, 2.45) is 5.73 Å². The fourth-order valence-corrected chi connectivity index (χ4v) is 1.40. The van der Waals surface area contributed by atoms with E-state index in [1.54, 1.807) is 24.8 Å². The van der Waals surface area contributed by atoms with Gasteiger partial charge in [-0.2, -0.15) is 0 Å². The fourth-order valence-electron chi connectivity index (χ4n) is 1.40. The van der Waals surface area contributed by atoms with Crippen molar-refractivity contribution in [2.75, 3.05) is 26.9 Å². The molecule has 6 nitrogen and oxygen atoms in total. The van der Waals surface area contributed by atoms with Crippen LogP contribution in [0.5, 0.6) is 0 Å². The number of carbonyl (C=O) groups is 2. The van der Waals surface area contributed by atoms with Crippen molar-refractivity contribution in [3.63, 3.8) is 0 Å². The maximum atomic E-state index is 11.4. The molecule has 0 unspecified atom stereocenters. The van der Waals surface area contributed by atoms with Gasteiger partial charge in [0.25, 0.3) is 0 Å². The summed E-state index contributed by atoms with van der Waals surface area (Å²) in [5.74, 6) is -0.405. The number of hydrogen-bond donors (Lipinski definition) is 1. The first-order chi connectivity index (χ1) is 9.64. The smallest absolute Gasteiger partial charge is 0.339 e. The molecule has 20 heavy (non-hydrogen) atoms. The molecule has 0 fully saturated rings. The van der Waals surface area contributed by atoms with E-state index < -0.39 is 5.97 Å². The topological polar surface area (TPSA) is 83.5 Å². The number of ether oxygens (including phenoxy) is 2. The van der Waals surface area contributed by atoms with E-state index in [1.165, 1.54) is 6.07 Å². The van der Waals surface area contributed by atoms with E-state index in [0.29, 0.717) is 31.0 Å². The van der Waals surface area contributed by atoms with Crippen LogP contribution in [0.4, 0.5) is 0 Å². The van der Waals surface area contributed by atoms with Gasteiger partial charge in [0.15, 0.2) is 6.29 Å². The molecule has 0 spiro atoms. The predicted molar refractivity (Wildman–Crippen MR) is 77.0 cm³/mol. The summed E-state index contributed by atoms with van der Waals surface area (Å²) in [7, 11) is 1.68. The quantitative estimate of drug-likeness (QED) is 0.605. The Labute approximate surface area is 119 Å². The number of aromatic nitrogens is 1. The molecule has 0 amide bonds. The first-order valence-electron chi connectivity index (χ1n) is 6.65. The monoisotopic (exact) mass is 284 g/mol. The molecule has 1 aromatic heterocycles. The molecule has 0 bridgehead atoms. The standard InChI is InChI=1S/C11H16N2O3.C3H8O/c1-2-16-11(15)9-6-10(8-14)13(7-9)5-3-4-12;1-3-4-2/h6-8H,2-5,12H2,1H3;3H2,1-2H3. The number of carbonyl (C=O) groups excluding carboxylic acids is 2. The first kappa shape index (κ1) is 18.3. The maximum absolute atomic E-state index is 11.4. The summed E-state index contributed by atoms with van der Waals surface area (Å²) in [5, 5.41) is 0. The van der Waals surface area contributed by atoms with Crippen molar-refractivity contribution in [3.8, 4) is 0 Å². The number of hydrogen-bond acceptors (Lipinski definition) is 5. The molecular formula is C14H24N2O4. The van der Waals surface area contributed by atoms with Gasteiger partial charge in [-0.1, -0.05) is 0 Å². The molecule has 2 N–H and O–H groups in total. The third kappa shape index (κ3) is 6.49. The van der Waals surface area contributed by atoms with Crippen LogP contribution in [0, 0.1) is 0 Å². The Morgan fingerprint density at radius 3 is 2.50 bits per heavy atom. The van der Waals surface area contributed by atoms with Gasteiger partial charge in [0.2, 0.25) is 0 Å². The van der Waals surface area contributed by atoms with Crippen LogP contribution in [0.2, 0.25) is 0 Å². The number of aldehydes is 1. The number of nitrogens with two attached hydrogens (primary N) is 1. The van der Waals surface area contributed by atoms with Crippen molar-refractivity contribution < 1.29 is 19.1 Å². The van der Waals surface area contributed by atoms with Crippen molar-refractivity contribution in [1.82, 2.24) is 4.57 Å². The Kier molecular flexibility index (Phi) is 10.3. The van der Waals surface area contributed by atoms with Crippen LogP contribution in [0.1, 0.15) is 41.1 Å². The summed E-state index contributed by atoms with van der Waals surface area (Å²) in [6.45, 7) is 6.02. The van der Waals surface area contributed by atoms with Gasteiger partial charge >= 0.3 is 5.97 Å². The zero-order valence-electron chi connectivity index (χ0n) is 12.4. The Morgan fingerprint density at radius 1 is 1.40 bits per heavy atom. The minimum absolute atomic E-state index is 0.323. The van der Waals surface area contributed by atoms with Gasteiger partial charge in [-0.25, -0.2) is 4.79 Å². The second-order valence-electron chi connectivity index (χ2n) is 3.90. The van der Waals surface area contributed by atoms with Crippen LogP contribution in [-0.4, -0.2) is 43.7 Å². The summed E-state index contributed by atoms with van der Waals surface area (Å²) in [5.41, 5.74) is 6.26. The Hall–Kier alpha value is -1.66. The van der Waals surface area contributed by atoms with Crippen molar-refractivity contribution in [1.29, 1.82) is 0 Å². The van der Waals surface area contributed by atoms with Crippen molar-refractivity contribution >= 4 is 12.3 Å². The van der Waals surface area contributed by atoms with Gasteiger partial charge < -0.3 is 19.8 Å². The average Bonchev–Trinajstić information content (AvgIpc) is 2.89. The highest BCUT2D eigenvalue weighted by molar-refractivity contribution is 5.91. The molecule has 0 aliphatic carbocycles. The normalized spacial score (nSPS) is 9.60. The van der Waals surface area contributed by atoms with E-state index in [1.807, 2.05) is 6.92 Å². The number of rotatable bonds is 7. The number of esters is 1. The highest BCUT2D eigenvalue weighted by Gasteiger charge is 2.12. The van der Waals surface area contributed by atoms with Gasteiger partial charge in [-0.05, 0) is 32.9 Å². The highest BCUT2D eigenvalue weighted by atomic mass is 16.5. The lowest BCUT2D eigenvalue weighted by atomic mass is 10.3. The van der Waals surface area contributed by atoms with E-state index in [0.717, 1.165) is 19.3 Å². The summed E-state index contributed by atoms with van der Waals surface area (Å²) < 4.78 is 11.1. The maximum Gasteiger partial charge on any atom is 0.339 e. The molecule has 0 aliphatic rings. The summed E-state index contributed by atoms with van der Waals surface area (Å²) in [6, 6.07) is 1.53. The number of methoxy groups -OCH3 is 1. The third-order valence-corrected chi connectivity index (χ3v) is 2.45. The van der Waals surface area contributed by atoms with E-state index in [-0.39, 0.29) is 0 Å². The van der Waals surface area contributed by atoms with Crippen LogP contribution in [0.15, 0.2) is 12.3 Å². The van der Waals surface area contributed by atoms with Crippen molar-refractivity contribution in [2.45, 2.75) is 26.8 Å². The molecule has 1 rings (SSSR count). The molecule has 0 aromatic carbocycles. The second kappa shape index (κ2) is 11.2. The lowest BCUT2D eigenvalue weighted by Crippen LogP contribution is -2.07. The molecule has 0 saturated heterocycles. The van der Waals surface area contributed by atoms with Crippen LogP contribution in [0.25, 0.3) is 0 Å². The largest absolute Gasteiger partial charge is 0.462 e. The van der Waals surface area contributed by atoms with E-state index in [9.17, 15) is 9.59 Å². The van der Waals surface area contributed by atoms with E-state index in [4.69, 9.17) is 10.5 Å². The third-order valence-electron chi connectivity index (χ3n) is 2.45. The average molecular weight is 284 g/mol. The molecule has 114 valence electrons. The minimum Gasteiger partial charge on any atom is -0.462 e. The number of aryl methyl sites for hydroxylation is 1. The van der Waals surface area contributed by atoms with Gasteiger partial charge in [0.1, 0.15) is 0 Å². The minimum atomic E-state index is -0.405. The zero-order chi connectivity index (χ0) is 15.4. The zero-order valence-corrected chi connectivity index (χ0v) is 12.4. The van der Waals surface area contributed by atoms with Gasteiger partial charge in [-0.3, -0.25) is 4.79 Å². The van der Waals surface area contributed by atoms with Crippen LogP contribution >= 0.6 is 0 Å².